The lowest BCUT2D eigenvalue weighted by atomic mass is 9.83. The zero-order valence-electron chi connectivity index (χ0n) is 22.3. The van der Waals surface area contributed by atoms with E-state index in [9.17, 15) is 14.0 Å². The SMILES string of the molecule is CN1C(=O)/C(=C/c2cccc(Cl)c2)SC2CCC(C(=O)NCCCN3CCN(c4ccc(F)cc4)CC3)CC21. The molecule has 2 aliphatic heterocycles. The topological polar surface area (TPSA) is 55.9 Å². The fourth-order valence-corrected chi connectivity index (χ4v) is 7.50. The molecule has 2 heterocycles. The molecule has 0 bridgehead atoms. The van der Waals surface area contributed by atoms with Gasteiger partial charge in [0.15, 0.2) is 0 Å². The lowest BCUT2D eigenvalue weighted by molar-refractivity contribution is -0.131. The number of carbonyl (C=O) groups is 2. The Bertz CT molecular complexity index is 1200. The van der Waals surface area contributed by atoms with Crippen molar-refractivity contribution in [3.63, 3.8) is 0 Å². The molecule has 9 heteroatoms. The van der Waals surface area contributed by atoms with Gasteiger partial charge in [0.05, 0.1) is 4.91 Å². The normalized spacial score (nSPS) is 25.1. The Balaban J connectivity index is 1.04. The number of nitrogens with zero attached hydrogens (tertiary/aromatic N) is 3. The van der Waals surface area contributed by atoms with Gasteiger partial charge in [-0.25, -0.2) is 4.39 Å². The molecule has 3 unspecified atom stereocenters. The predicted octanol–water partition coefficient (Wildman–Crippen LogP) is 4.89. The van der Waals surface area contributed by atoms with Crippen LogP contribution in [0, 0.1) is 11.7 Å². The molecule has 3 atom stereocenters. The van der Waals surface area contributed by atoms with Crippen molar-refractivity contribution in [3.05, 3.63) is 69.8 Å². The Morgan fingerprint density at radius 3 is 2.64 bits per heavy atom. The second-order valence-electron chi connectivity index (χ2n) is 10.7. The lowest BCUT2D eigenvalue weighted by Crippen LogP contribution is -2.52. The Morgan fingerprint density at radius 2 is 1.90 bits per heavy atom. The standard InChI is InChI=1S/C30H36ClFN4O2S/c1-34-26-20-22(6-11-27(26)39-28(30(34)38)19-21-4-2-5-23(31)18-21)29(37)33-12-3-13-35-14-16-36(17-15-35)25-9-7-24(32)8-10-25/h2,4-5,7-10,18-19,22,26-27H,3,6,11-17,20H2,1H3,(H,33,37)/b28-19-. The third-order valence-electron chi connectivity index (χ3n) is 8.09. The highest BCUT2D eigenvalue weighted by Gasteiger charge is 2.42. The maximum atomic E-state index is 13.2. The van der Waals surface area contributed by atoms with Gasteiger partial charge in [-0.2, -0.15) is 0 Å². The van der Waals surface area contributed by atoms with Gasteiger partial charge in [-0.1, -0.05) is 23.7 Å². The van der Waals surface area contributed by atoms with Gasteiger partial charge in [0.2, 0.25) is 5.91 Å². The second-order valence-corrected chi connectivity index (χ2v) is 12.4. The largest absolute Gasteiger partial charge is 0.369 e. The summed E-state index contributed by atoms with van der Waals surface area (Å²) in [6.07, 6.45) is 5.30. The van der Waals surface area contributed by atoms with Gasteiger partial charge >= 0.3 is 0 Å². The van der Waals surface area contributed by atoms with Crippen LogP contribution in [0.1, 0.15) is 31.2 Å². The van der Waals surface area contributed by atoms with Crippen molar-refractivity contribution in [2.45, 2.75) is 37.0 Å². The minimum atomic E-state index is -0.207. The number of likely N-dealkylation sites (N-methyl/N-ethyl adjacent to an activating group) is 1. The van der Waals surface area contributed by atoms with Crippen molar-refractivity contribution < 1.29 is 14.0 Å². The molecule has 3 fully saturated rings. The van der Waals surface area contributed by atoms with Gasteiger partial charge in [-0.3, -0.25) is 14.5 Å². The van der Waals surface area contributed by atoms with Gasteiger partial charge in [0.1, 0.15) is 5.82 Å². The number of carbonyl (C=O) groups excluding carboxylic acids is 2. The Morgan fingerprint density at radius 1 is 1.13 bits per heavy atom. The molecule has 2 aromatic carbocycles. The first-order chi connectivity index (χ1) is 18.9. The first-order valence-corrected chi connectivity index (χ1v) is 15.0. The Hall–Kier alpha value is -2.55. The van der Waals surface area contributed by atoms with Crippen molar-refractivity contribution >= 4 is 46.9 Å². The van der Waals surface area contributed by atoms with Crippen LogP contribution in [0.4, 0.5) is 10.1 Å². The maximum absolute atomic E-state index is 13.2. The minimum Gasteiger partial charge on any atom is -0.369 e. The zero-order chi connectivity index (χ0) is 27.4. The molecule has 1 aliphatic carbocycles. The fraction of sp³-hybridized carbons (Fsp3) is 0.467. The first-order valence-electron chi connectivity index (χ1n) is 13.8. The number of anilines is 1. The van der Waals surface area contributed by atoms with Crippen molar-refractivity contribution in [2.75, 3.05) is 51.2 Å². The summed E-state index contributed by atoms with van der Waals surface area (Å²) in [6, 6.07) is 14.3. The Kier molecular flexibility index (Phi) is 9.15. The molecule has 5 rings (SSSR count). The first kappa shape index (κ1) is 28.0. The van der Waals surface area contributed by atoms with E-state index in [1.54, 1.807) is 11.8 Å². The van der Waals surface area contributed by atoms with Crippen LogP contribution in [0.2, 0.25) is 5.02 Å². The van der Waals surface area contributed by atoms with Crippen LogP contribution in [0.5, 0.6) is 0 Å². The molecular formula is C30H36ClFN4O2S. The number of nitrogens with one attached hydrogen (secondary N) is 1. The van der Waals surface area contributed by atoms with Crippen LogP contribution in [0.3, 0.4) is 0 Å². The van der Waals surface area contributed by atoms with Gasteiger partial charge in [0.25, 0.3) is 5.91 Å². The summed E-state index contributed by atoms with van der Waals surface area (Å²) in [7, 11) is 1.86. The average Bonchev–Trinajstić information content (AvgIpc) is 2.94. The number of halogens is 2. The molecule has 208 valence electrons. The maximum Gasteiger partial charge on any atom is 0.260 e. The highest BCUT2D eigenvalue weighted by Crippen LogP contribution is 2.43. The highest BCUT2D eigenvalue weighted by atomic mass is 35.5. The molecule has 1 saturated carbocycles. The van der Waals surface area contributed by atoms with E-state index >= 15 is 0 Å². The number of fused-ring (bicyclic) bond motifs is 1. The van der Waals surface area contributed by atoms with E-state index in [-0.39, 0.29) is 29.6 Å². The molecule has 3 aliphatic rings. The van der Waals surface area contributed by atoms with Crippen LogP contribution in [-0.4, -0.2) is 79.2 Å². The summed E-state index contributed by atoms with van der Waals surface area (Å²) in [5.74, 6) is -0.135. The fourth-order valence-electron chi connectivity index (χ4n) is 5.82. The molecule has 2 saturated heterocycles. The Labute approximate surface area is 239 Å². The summed E-state index contributed by atoms with van der Waals surface area (Å²) in [4.78, 5) is 33.4. The molecule has 6 nitrogen and oxygen atoms in total. The zero-order valence-corrected chi connectivity index (χ0v) is 23.9. The summed E-state index contributed by atoms with van der Waals surface area (Å²) in [5, 5.41) is 4.11. The number of amides is 2. The summed E-state index contributed by atoms with van der Waals surface area (Å²) >= 11 is 7.76. The molecule has 1 N–H and O–H groups in total. The van der Waals surface area contributed by atoms with E-state index in [1.807, 2.05) is 54.4 Å². The lowest BCUT2D eigenvalue weighted by Gasteiger charge is -2.44. The van der Waals surface area contributed by atoms with Crippen LogP contribution in [-0.2, 0) is 9.59 Å². The molecule has 2 aromatic rings. The quantitative estimate of drug-likeness (QED) is 0.379. The van der Waals surface area contributed by atoms with Crippen molar-refractivity contribution in [1.82, 2.24) is 15.1 Å². The number of hydrogen-bond donors (Lipinski definition) is 1. The summed E-state index contributed by atoms with van der Waals surface area (Å²) in [5.41, 5.74) is 1.99. The monoisotopic (exact) mass is 570 g/mol. The molecule has 0 aromatic heterocycles. The smallest absolute Gasteiger partial charge is 0.260 e. The van der Waals surface area contributed by atoms with E-state index < -0.39 is 0 Å². The van der Waals surface area contributed by atoms with E-state index in [4.69, 9.17) is 11.6 Å². The van der Waals surface area contributed by atoms with E-state index in [2.05, 4.69) is 15.1 Å². The molecule has 0 spiro atoms. The van der Waals surface area contributed by atoms with E-state index in [1.165, 1.54) is 12.1 Å². The highest BCUT2D eigenvalue weighted by molar-refractivity contribution is 8.04. The molecule has 0 radical (unpaired) electrons. The number of thioether (sulfide) groups is 1. The summed E-state index contributed by atoms with van der Waals surface area (Å²) < 4.78 is 13.2. The average molecular weight is 571 g/mol. The molecule has 39 heavy (non-hydrogen) atoms. The van der Waals surface area contributed by atoms with Gasteiger partial charge in [0, 0.05) is 67.7 Å². The van der Waals surface area contributed by atoms with Gasteiger partial charge < -0.3 is 15.1 Å². The van der Waals surface area contributed by atoms with Crippen molar-refractivity contribution in [1.29, 1.82) is 0 Å². The van der Waals surface area contributed by atoms with Crippen molar-refractivity contribution in [3.8, 4) is 0 Å². The summed E-state index contributed by atoms with van der Waals surface area (Å²) in [6.45, 7) is 5.37. The van der Waals surface area contributed by atoms with Gasteiger partial charge in [-0.05, 0) is 80.3 Å². The van der Waals surface area contributed by atoms with Crippen LogP contribution in [0.15, 0.2) is 53.4 Å². The molecule has 2 amide bonds. The van der Waals surface area contributed by atoms with Crippen LogP contribution < -0.4 is 10.2 Å². The third kappa shape index (κ3) is 6.97. The second kappa shape index (κ2) is 12.7. The molecular weight excluding hydrogens is 535 g/mol. The minimum absolute atomic E-state index is 0.0156. The number of piperazine rings is 1. The number of hydrogen-bond acceptors (Lipinski definition) is 5. The number of rotatable bonds is 7. The van der Waals surface area contributed by atoms with E-state index in [0.717, 1.165) is 68.1 Å². The van der Waals surface area contributed by atoms with Crippen LogP contribution >= 0.6 is 23.4 Å². The van der Waals surface area contributed by atoms with E-state index in [0.29, 0.717) is 23.2 Å². The van der Waals surface area contributed by atoms with Crippen LogP contribution in [0.25, 0.3) is 6.08 Å². The van der Waals surface area contributed by atoms with Gasteiger partial charge in [-0.15, -0.1) is 11.8 Å². The predicted molar refractivity (Wildman–Crippen MR) is 157 cm³/mol. The van der Waals surface area contributed by atoms with Crippen molar-refractivity contribution in [2.24, 2.45) is 5.92 Å². The third-order valence-corrected chi connectivity index (χ3v) is 9.73. The number of benzene rings is 2.